The minimum Gasteiger partial charge on any atom is -0.466 e. The molecule has 19 heavy (non-hydrogen) atoms. The average molecular weight is 265 g/mol. The predicted molar refractivity (Wildman–Crippen MR) is 77.4 cm³/mol. The number of furan rings is 1. The fourth-order valence-electron chi connectivity index (χ4n) is 3.08. The number of hydrogen-bond donors (Lipinski definition) is 1. The summed E-state index contributed by atoms with van der Waals surface area (Å²) in [5, 5.41) is 3.74. The summed E-state index contributed by atoms with van der Waals surface area (Å²) in [6.45, 7) is 9.39. The summed E-state index contributed by atoms with van der Waals surface area (Å²) in [5.74, 6) is 2.03. The molecule has 0 aliphatic carbocycles. The number of hydrogen-bond acceptors (Lipinski definition) is 3. The van der Waals surface area contributed by atoms with Gasteiger partial charge in [-0.05, 0) is 46.1 Å². The van der Waals surface area contributed by atoms with Crippen molar-refractivity contribution < 1.29 is 9.15 Å². The lowest BCUT2D eigenvalue weighted by molar-refractivity contribution is -0.00474. The number of aryl methyl sites for hydroxylation is 2. The number of nitrogens with one attached hydrogen (secondary N) is 1. The molecule has 1 aliphatic heterocycles. The minimum atomic E-state index is 0.350. The Morgan fingerprint density at radius 2 is 2.21 bits per heavy atom. The van der Waals surface area contributed by atoms with Gasteiger partial charge in [0.1, 0.15) is 11.5 Å². The smallest absolute Gasteiger partial charge is 0.105 e. The third-order valence-corrected chi connectivity index (χ3v) is 4.01. The zero-order valence-electron chi connectivity index (χ0n) is 12.7. The van der Waals surface area contributed by atoms with E-state index in [0.29, 0.717) is 18.2 Å². The highest BCUT2D eigenvalue weighted by Gasteiger charge is 2.24. The Bertz CT molecular complexity index is 397. The third-order valence-electron chi connectivity index (χ3n) is 4.01. The van der Waals surface area contributed by atoms with Crippen LogP contribution < -0.4 is 5.32 Å². The van der Waals surface area contributed by atoms with E-state index in [0.717, 1.165) is 31.0 Å². The summed E-state index contributed by atoms with van der Waals surface area (Å²) in [6.07, 6.45) is 5.06. The van der Waals surface area contributed by atoms with E-state index >= 15 is 0 Å². The molecular weight excluding hydrogens is 238 g/mol. The van der Waals surface area contributed by atoms with Gasteiger partial charge in [0.15, 0.2) is 0 Å². The van der Waals surface area contributed by atoms with E-state index in [1.807, 2.05) is 13.8 Å². The van der Waals surface area contributed by atoms with Crippen molar-refractivity contribution in [3.8, 4) is 0 Å². The van der Waals surface area contributed by atoms with Crippen LogP contribution in [0.2, 0.25) is 0 Å². The molecule has 0 bridgehead atoms. The minimum absolute atomic E-state index is 0.350. The van der Waals surface area contributed by atoms with Gasteiger partial charge < -0.3 is 14.5 Å². The molecule has 0 aromatic carbocycles. The van der Waals surface area contributed by atoms with Gasteiger partial charge in [-0.15, -0.1) is 0 Å². The topological polar surface area (TPSA) is 34.4 Å². The maximum absolute atomic E-state index is 5.81. The molecule has 1 aliphatic rings. The third kappa shape index (κ3) is 3.83. The van der Waals surface area contributed by atoms with E-state index < -0.39 is 0 Å². The summed E-state index contributed by atoms with van der Waals surface area (Å²) in [6, 6.07) is 3.06. The Morgan fingerprint density at radius 1 is 1.42 bits per heavy atom. The van der Waals surface area contributed by atoms with Crippen LogP contribution in [-0.2, 0) is 4.74 Å². The SMILES string of the molecule is CCCC1CC(NC(C)c2cc(C)oc2C)CCO1. The Morgan fingerprint density at radius 3 is 2.84 bits per heavy atom. The summed E-state index contributed by atoms with van der Waals surface area (Å²) >= 11 is 0. The molecule has 1 aromatic heterocycles. The fourth-order valence-corrected chi connectivity index (χ4v) is 3.08. The summed E-state index contributed by atoms with van der Waals surface area (Å²) in [5.41, 5.74) is 1.29. The maximum atomic E-state index is 5.81. The van der Waals surface area contributed by atoms with E-state index in [-0.39, 0.29) is 0 Å². The Kier molecular flexibility index (Phi) is 5.06. The molecule has 2 rings (SSSR count). The van der Waals surface area contributed by atoms with Crippen LogP contribution in [0.15, 0.2) is 10.5 Å². The first kappa shape index (κ1) is 14.6. The van der Waals surface area contributed by atoms with Crippen molar-refractivity contribution in [3.05, 3.63) is 23.2 Å². The van der Waals surface area contributed by atoms with Gasteiger partial charge in [0, 0.05) is 24.3 Å². The van der Waals surface area contributed by atoms with Crippen LogP contribution in [0.4, 0.5) is 0 Å². The largest absolute Gasteiger partial charge is 0.466 e. The Balaban J connectivity index is 1.91. The lowest BCUT2D eigenvalue weighted by Crippen LogP contribution is -2.40. The van der Waals surface area contributed by atoms with Crippen LogP contribution in [0, 0.1) is 13.8 Å². The summed E-state index contributed by atoms with van der Waals surface area (Å²) in [7, 11) is 0. The van der Waals surface area contributed by atoms with Crippen LogP contribution in [0.3, 0.4) is 0 Å². The van der Waals surface area contributed by atoms with Gasteiger partial charge >= 0.3 is 0 Å². The monoisotopic (exact) mass is 265 g/mol. The van der Waals surface area contributed by atoms with E-state index in [1.165, 1.54) is 18.4 Å². The molecule has 0 saturated carbocycles. The average Bonchev–Trinajstić information content (AvgIpc) is 2.69. The van der Waals surface area contributed by atoms with Gasteiger partial charge in [0.25, 0.3) is 0 Å². The van der Waals surface area contributed by atoms with E-state index in [2.05, 4.69) is 25.2 Å². The highest BCUT2D eigenvalue weighted by molar-refractivity contribution is 5.23. The Labute approximate surface area is 116 Å². The zero-order valence-corrected chi connectivity index (χ0v) is 12.7. The predicted octanol–water partition coefficient (Wildman–Crippen LogP) is 3.89. The van der Waals surface area contributed by atoms with Crippen LogP contribution >= 0.6 is 0 Å². The first-order valence-corrected chi connectivity index (χ1v) is 7.54. The van der Waals surface area contributed by atoms with Crippen LogP contribution in [0.5, 0.6) is 0 Å². The molecule has 2 heterocycles. The molecule has 1 fully saturated rings. The number of ether oxygens (including phenoxy) is 1. The molecule has 0 spiro atoms. The molecule has 0 radical (unpaired) electrons. The van der Waals surface area contributed by atoms with E-state index in [4.69, 9.17) is 9.15 Å². The first-order valence-electron chi connectivity index (χ1n) is 7.54. The van der Waals surface area contributed by atoms with E-state index in [1.54, 1.807) is 0 Å². The second-order valence-corrected chi connectivity index (χ2v) is 5.76. The maximum Gasteiger partial charge on any atom is 0.105 e. The lowest BCUT2D eigenvalue weighted by atomic mass is 9.98. The quantitative estimate of drug-likeness (QED) is 0.877. The van der Waals surface area contributed by atoms with Crippen LogP contribution in [0.1, 0.15) is 62.7 Å². The van der Waals surface area contributed by atoms with Crippen molar-refractivity contribution in [1.82, 2.24) is 5.32 Å². The van der Waals surface area contributed by atoms with Crippen LogP contribution in [-0.4, -0.2) is 18.8 Å². The van der Waals surface area contributed by atoms with Crippen LogP contribution in [0.25, 0.3) is 0 Å². The molecule has 3 heteroatoms. The van der Waals surface area contributed by atoms with Crippen molar-refractivity contribution in [3.63, 3.8) is 0 Å². The fraction of sp³-hybridized carbons (Fsp3) is 0.750. The van der Waals surface area contributed by atoms with Crippen molar-refractivity contribution in [1.29, 1.82) is 0 Å². The van der Waals surface area contributed by atoms with Crippen molar-refractivity contribution >= 4 is 0 Å². The van der Waals surface area contributed by atoms with Gasteiger partial charge in [-0.2, -0.15) is 0 Å². The molecule has 3 unspecified atom stereocenters. The van der Waals surface area contributed by atoms with Gasteiger partial charge in [0.2, 0.25) is 0 Å². The molecule has 3 atom stereocenters. The summed E-state index contributed by atoms with van der Waals surface area (Å²) < 4.78 is 11.4. The zero-order chi connectivity index (χ0) is 13.8. The molecule has 1 aromatic rings. The summed E-state index contributed by atoms with van der Waals surface area (Å²) in [4.78, 5) is 0. The highest BCUT2D eigenvalue weighted by atomic mass is 16.5. The van der Waals surface area contributed by atoms with Crippen molar-refractivity contribution in [2.24, 2.45) is 0 Å². The second-order valence-electron chi connectivity index (χ2n) is 5.76. The Hall–Kier alpha value is -0.800. The molecule has 3 nitrogen and oxygen atoms in total. The van der Waals surface area contributed by atoms with E-state index in [9.17, 15) is 0 Å². The van der Waals surface area contributed by atoms with Gasteiger partial charge in [-0.25, -0.2) is 0 Å². The van der Waals surface area contributed by atoms with Crippen molar-refractivity contribution in [2.45, 2.75) is 71.6 Å². The highest BCUT2D eigenvalue weighted by Crippen LogP contribution is 2.24. The lowest BCUT2D eigenvalue weighted by Gasteiger charge is -2.32. The normalized spacial score (nSPS) is 25.5. The van der Waals surface area contributed by atoms with Gasteiger partial charge in [-0.1, -0.05) is 13.3 Å². The van der Waals surface area contributed by atoms with Gasteiger partial charge in [-0.3, -0.25) is 0 Å². The molecule has 0 amide bonds. The molecule has 108 valence electrons. The standard InChI is InChI=1S/C16H27NO2/c1-5-6-15-10-14(7-8-18-15)17-12(3)16-9-11(2)19-13(16)4/h9,12,14-15,17H,5-8,10H2,1-4H3. The number of rotatable bonds is 5. The van der Waals surface area contributed by atoms with Gasteiger partial charge in [0.05, 0.1) is 6.10 Å². The van der Waals surface area contributed by atoms with Crippen molar-refractivity contribution in [2.75, 3.05) is 6.61 Å². The molecular formula is C16H27NO2. The first-order chi connectivity index (χ1) is 9.10. The second kappa shape index (κ2) is 6.58. The molecule has 1 N–H and O–H groups in total. The molecule has 1 saturated heterocycles.